The minimum Gasteiger partial charge on any atom is -0.544 e. The summed E-state index contributed by atoms with van der Waals surface area (Å²) in [4.78, 5) is 4.06. The number of aliphatic hydroxyl groups is 1. The monoisotopic (exact) mass is 385 g/mol. The largest absolute Gasteiger partial charge is 0.544 e. The van der Waals surface area contributed by atoms with Crippen LogP contribution in [0, 0.1) is 0 Å². The first-order chi connectivity index (χ1) is 12.2. The highest BCUT2D eigenvalue weighted by Gasteiger charge is 2.31. The Morgan fingerprint density at radius 2 is 1.30 bits per heavy atom. The number of aliphatic hydroxyl groups excluding tert-OH is 1. The first kappa shape index (κ1) is 21.6. The zero-order valence-electron chi connectivity index (χ0n) is 18.3. The summed E-state index contributed by atoms with van der Waals surface area (Å²) in [5, 5.41) is 11.0. The molecule has 0 aliphatic rings. The molecule has 0 amide bonds. The smallest absolute Gasteiger partial charge is 0.242 e. The first-order valence-corrected chi connectivity index (χ1v) is 13.1. The Kier molecular flexibility index (Phi) is 5.93. The van der Waals surface area contributed by atoms with Crippen molar-refractivity contribution in [1.82, 2.24) is 4.98 Å². The second kappa shape index (κ2) is 7.40. The lowest BCUT2D eigenvalue weighted by molar-refractivity contribution is 0.219. The minimum atomic E-state index is -1.80. The third-order valence-electron chi connectivity index (χ3n) is 4.47. The van der Waals surface area contributed by atoms with Crippen LogP contribution in [0.5, 0.6) is 5.75 Å². The van der Waals surface area contributed by atoms with Gasteiger partial charge in [-0.3, -0.25) is 4.98 Å². The van der Waals surface area contributed by atoms with Gasteiger partial charge < -0.3 is 9.53 Å². The van der Waals surface area contributed by atoms with Gasteiger partial charge in [0.2, 0.25) is 8.32 Å². The summed E-state index contributed by atoms with van der Waals surface area (Å²) < 4.78 is 6.60. The molecule has 0 fully saturated rings. The summed E-state index contributed by atoms with van der Waals surface area (Å²) in [6.07, 6.45) is 2.75. The van der Waals surface area contributed by atoms with Gasteiger partial charge in [-0.25, -0.2) is 0 Å². The van der Waals surface area contributed by atoms with Gasteiger partial charge in [0.25, 0.3) is 0 Å². The molecule has 0 saturated heterocycles. The van der Waals surface area contributed by atoms with E-state index in [2.05, 4.69) is 78.3 Å². The molecule has 0 aliphatic heterocycles. The van der Waals surface area contributed by atoms with Gasteiger partial charge in [0.1, 0.15) is 11.9 Å². The molecule has 0 spiro atoms. The molecular formula is C23H35NO2Si. The zero-order chi connectivity index (χ0) is 20.6. The number of hydrogen-bond acceptors (Lipinski definition) is 3. The van der Waals surface area contributed by atoms with E-state index in [4.69, 9.17) is 4.43 Å². The molecule has 0 saturated carbocycles. The molecule has 4 heteroatoms. The van der Waals surface area contributed by atoms with Gasteiger partial charge in [-0.05, 0) is 77.0 Å². The third-order valence-corrected chi connectivity index (χ3v) is 5.29. The number of nitrogens with zero attached hydrogens (tertiary/aromatic N) is 1. The van der Waals surface area contributed by atoms with Crippen molar-refractivity contribution in [3.05, 3.63) is 58.9 Å². The number of rotatable bonds is 4. The van der Waals surface area contributed by atoms with Crippen LogP contribution in [0.1, 0.15) is 69.9 Å². The molecule has 0 aliphatic carbocycles. The SMILES string of the molecule is CC(C)(C)c1cc(C(O)c2ccncc2)cc(C(C)(C)C)c1O[Si](C)(C)C. The maximum atomic E-state index is 11.0. The number of benzene rings is 1. The molecule has 1 atom stereocenters. The highest BCUT2D eigenvalue weighted by Crippen LogP contribution is 2.43. The molecule has 1 unspecified atom stereocenters. The standard InChI is InChI=1S/C23H35NO2Si/c1-22(2,3)18-14-17(20(25)16-10-12-24-13-11-16)15-19(23(4,5)6)21(18)26-27(7,8)9/h10-15,20,25H,1-9H3. The molecular weight excluding hydrogens is 350 g/mol. The second-order valence-corrected chi connectivity index (χ2v) is 14.8. The first-order valence-electron chi connectivity index (χ1n) is 9.66. The molecule has 1 N–H and O–H groups in total. The fourth-order valence-corrected chi connectivity index (χ4v) is 3.91. The lowest BCUT2D eigenvalue weighted by Gasteiger charge is -2.34. The van der Waals surface area contributed by atoms with Gasteiger partial charge in [0, 0.05) is 12.4 Å². The van der Waals surface area contributed by atoms with Gasteiger partial charge in [0.05, 0.1) is 0 Å². The van der Waals surface area contributed by atoms with Crippen LogP contribution >= 0.6 is 0 Å². The van der Waals surface area contributed by atoms with Gasteiger partial charge in [-0.15, -0.1) is 0 Å². The van der Waals surface area contributed by atoms with E-state index in [0.29, 0.717) is 0 Å². The lowest BCUT2D eigenvalue weighted by Crippen LogP contribution is -2.33. The van der Waals surface area contributed by atoms with Crippen molar-refractivity contribution in [2.45, 2.75) is 78.1 Å². The van der Waals surface area contributed by atoms with Crippen LogP contribution < -0.4 is 4.43 Å². The van der Waals surface area contributed by atoms with Gasteiger partial charge in [-0.1, -0.05) is 41.5 Å². The molecule has 148 valence electrons. The Bertz CT molecular complexity index is 746. The maximum absolute atomic E-state index is 11.0. The highest BCUT2D eigenvalue weighted by atomic mass is 28.4. The van der Waals surface area contributed by atoms with Crippen LogP contribution in [0.4, 0.5) is 0 Å². The van der Waals surface area contributed by atoms with Crippen LogP contribution in [0.3, 0.4) is 0 Å². The van der Waals surface area contributed by atoms with Crippen LogP contribution in [0.25, 0.3) is 0 Å². The summed E-state index contributed by atoms with van der Waals surface area (Å²) in [7, 11) is -1.80. The van der Waals surface area contributed by atoms with E-state index in [0.717, 1.165) is 28.0 Å². The topological polar surface area (TPSA) is 42.4 Å². The molecule has 1 heterocycles. The van der Waals surface area contributed by atoms with Gasteiger partial charge in [-0.2, -0.15) is 0 Å². The summed E-state index contributed by atoms with van der Waals surface area (Å²) in [6.45, 7) is 19.9. The van der Waals surface area contributed by atoms with Crippen LogP contribution in [0.2, 0.25) is 19.6 Å². The quantitative estimate of drug-likeness (QED) is 0.659. The van der Waals surface area contributed by atoms with Crippen LogP contribution in [0.15, 0.2) is 36.7 Å². The number of aromatic nitrogens is 1. The summed E-state index contributed by atoms with van der Waals surface area (Å²) in [6, 6.07) is 7.97. The average molecular weight is 386 g/mol. The van der Waals surface area contributed by atoms with Gasteiger partial charge in [0.15, 0.2) is 0 Å². The lowest BCUT2D eigenvalue weighted by atomic mass is 9.77. The second-order valence-electron chi connectivity index (χ2n) is 10.3. The molecule has 0 bridgehead atoms. The van der Waals surface area contributed by atoms with Crippen LogP contribution in [-0.4, -0.2) is 18.4 Å². The Morgan fingerprint density at radius 3 is 1.67 bits per heavy atom. The normalized spacial score (nSPS) is 14.1. The van der Waals surface area contributed by atoms with E-state index in [-0.39, 0.29) is 10.8 Å². The van der Waals surface area contributed by atoms with Gasteiger partial charge >= 0.3 is 0 Å². The van der Waals surface area contributed by atoms with Crippen molar-refractivity contribution in [2.24, 2.45) is 0 Å². The Hall–Kier alpha value is -1.65. The Morgan fingerprint density at radius 1 is 0.852 bits per heavy atom. The van der Waals surface area contributed by atoms with Crippen molar-refractivity contribution in [3.63, 3.8) is 0 Å². The molecule has 27 heavy (non-hydrogen) atoms. The van der Waals surface area contributed by atoms with Crippen molar-refractivity contribution in [3.8, 4) is 5.75 Å². The summed E-state index contributed by atoms with van der Waals surface area (Å²) in [5.74, 6) is 1.000. The fraction of sp³-hybridized carbons (Fsp3) is 0.522. The molecule has 2 rings (SSSR count). The third kappa shape index (κ3) is 5.42. The molecule has 2 aromatic rings. The van der Waals surface area contributed by atoms with Crippen molar-refractivity contribution < 1.29 is 9.53 Å². The fourth-order valence-electron chi connectivity index (χ4n) is 3.08. The van der Waals surface area contributed by atoms with Crippen molar-refractivity contribution in [1.29, 1.82) is 0 Å². The molecule has 3 nitrogen and oxygen atoms in total. The summed E-state index contributed by atoms with van der Waals surface area (Å²) in [5.41, 5.74) is 3.87. The Balaban J connectivity index is 2.75. The summed E-state index contributed by atoms with van der Waals surface area (Å²) >= 11 is 0. The van der Waals surface area contributed by atoms with E-state index in [1.165, 1.54) is 0 Å². The number of hydrogen-bond donors (Lipinski definition) is 1. The minimum absolute atomic E-state index is 0.0943. The predicted molar refractivity (Wildman–Crippen MR) is 116 cm³/mol. The Labute approximate surface area is 165 Å². The molecule has 1 aromatic carbocycles. The predicted octanol–water partition coefficient (Wildman–Crippen LogP) is 5.97. The van der Waals surface area contributed by atoms with E-state index in [1.54, 1.807) is 12.4 Å². The van der Waals surface area contributed by atoms with E-state index in [1.807, 2.05) is 12.1 Å². The maximum Gasteiger partial charge on any atom is 0.242 e. The van der Waals surface area contributed by atoms with E-state index >= 15 is 0 Å². The molecule has 0 radical (unpaired) electrons. The van der Waals surface area contributed by atoms with Crippen LogP contribution in [-0.2, 0) is 10.8 Å². The van der Waals surface area contributed by atoms with E-state index < -0.39 is 14.4 Å². The van der Waals surface area contributed by atoms with E-state index in [9.17, 15) is 5.11 Å². The van der Waals surface area contributed by atoms with Crippen molar-refractivity contribution >= 4 is 8.32 Å². The average Bonchev–Trinajstić information content (AvgIpc) is 2.51. The molecule has 1 aromatic heterocycles. The van der Waals surface area contributed by atoms with Crippen molar-refractivity contribution in [2.75, 3.05) is 0 Å². The highest BCUT2D eigenvalue weighted by molar-refractivity contribution is 6.70. The number of pyridine rings is 1. The zero-order valence-corrected chi connectivity index (χ0v) is 19.3.